The number of piperidine rings is 1. The molecule has 5 amide bonds. The van der Waals surface area contributed by atoms with E-state index in [0.29, 0.717) is 25.8 Å². The Balaban J connectivity index is 1.87. The lowest BCUT2D eigenvalue weighted by Gasteiger charge is -2.27. The fourth-order valence-electron chi connectivity index (χ4n) is 3.47. The van der Waals surface area contributed by atoms with Crippen LogP contribution in [0, 0.1) is 0 Å². The molecule has 1 aromatic rings. The number of nitrogens with two attached hydrogens (primary N) is 2. The van der Waals surface area contributed by atoms with Gasteiger partial charge in [0.2, 0.25) is 11.8 Å². The molecule has 2 unspecified atom stereocenters. The van der Waals surface area contributed by atoms with Gasteiger partial charge in [0.05, 0.1) is 11.1 Å². The zero-order valence-corrected chi connectivity index (χ0v) is 15.7. The lowest BCUT2D eigenvalue weighted by molar-refractivity contribution is -0.136. The normalized spacial score (nSPS) is 19.8. The Morgan fingerprint density at radius 2 is 1.97 bits per heavy atom. The number of rotatable bonds is 8. The maximum atomic E-state index is 13.0. The molecule has 29 heavy (non-hydrogen) atoms. The highest BCUT2D eigenvalue weighted by atomic mass is 16.5. The van der Waals surface area contributed by atoms with Crippen LogP contribution in [0.1, 0.15) is 52.8 Å². The van der Waals surface area contributed by atoms with Crippen LogP contribution in [0.15, 0.2) is 18.2 Å². The van der Waals surface area contributed by atoms with Crippen LogP contribution in [-0.2, 0) is 14.4 Å². The SMILES string of the molecule is NCCCCC(Oc1cccc2c1C(=O)N(C1CCC(=O)NC1=O)C2=O)C(N)=O. The second kappa shape index (κ2) is 8.39. The topological polar surface area (TPSA) is 162 Å². The van der Waals surface area contributed by atoms with Gasteiger partial charge in [-0.3, -0.25) is 34.2 Å². The van der Waals surface area contributed by atoms with E-state index in [4.69, 9.17) is 16.2 Å². The van der Waals surface area contributed by atoms with Crippen molar-refractivity contribution < 1.29 is 28.7 Å². The number of hydrogen-bond acceptors (Lipinski definition) is 7. The molecule has 154 valence electrons. The van der Waals surface area contributed by atoms with Gasteiger partial charge >= 0.3 is 0 Å². The summed E-state index contributed by atoms with van der Waals surface area (Å²) in [5.41, 5.74) is 10.9. The van der Waals surface area contributed by atoms with E-state index < -0.39 is 41.7 Å². The van der Waals surface area contributed by atoms with Crippen molar-refractivity contribution in [1.29, 1.82) is 0 Å². The van der Waals surface area contributed by atoms with Crippen molar-refractivity contribution >= 4 is 29.5 Å². The molecule has 0 aliphatic carbocycles. The molecule has 0 radical (unpaired) electrons. The molecular formula is C19H22N4O6. The van der Waals surface area contributed by atoms with Gasteiger partial charge in [0.15, 0.2) is 6.10 Å². The first-order chi connectivity index (χ1) is 13.8. The second-order valence-corrected chi connectivity index (χ2v) is 6.92. The molecule has 0 spiro atoms. The highest BCUT2D eigenvalue weighted by Crippen LogP contribution is 2.34. The summed E-state index contributed by atoms with van der Waals surface area (Å²) in [5, 5.41) is 2.14. The summed E-state index contributed by atoms with van der Waals surface area (Å²) in [6, 6.07) is 3.36. The van der Waals surface area contributed by atoms with Gasteiger partial charge in [0.25, 0.3) is 17.7 Å². The van der Waals surface area contributed by atoms with Gasteiger partial charge in [-0.25, -0.2) is 0 Å². The van der Waals surface area contributed by atoms with Crippen LogP contribution in [0.3, 0.4) is 0 Å². The smallest absolute Gasteiger partial charge is 0.266 e. The van der Waals surface area contributed by atoms with Gasteiger partial charge < -0.3 is 16.2 Å². The number of fused-ring (bicyclic) bond motifs is 1. The van der Waals surface area contributed by atoms with Gasteiger partial charge in [-0.05, 0) is 44.4 Å². The standard InChI is InChI=1S/C19H22N4O6/c20-9-2-1-5-13(16(21)25)29-12-6-3-4-10-15(12)19(28)23(18(10)27)11-7-8-14(24)22-17(11)26/h3-4,6,11,13H,1-2,5,7-9,20H2,(H2,21,25)(H,22,24,26). The monoisotopic (exact) mass is 402 g/mol. The van der Waals surface area contributed by atoms with E-state index in [-0.39, 0.29) is 29.7 Å². The van der Waals surface area contributed by atoms with E-state index in [0.717, 1.165) is 4.90 Å². The number of carbonyl (C=O) groups is 5. The number of unbranched alkanes of at least 4 members (excludes halogenated alkanes) is 1. The number of benzene rings is 1. The maximum absolute atomic E-state index is 13.0. The van der Waals surface area contributed by atoms with Gasteiger partial charge in [0.1, 0.15) is 11.8 Å². The lowest BCUT2D eigenvalue weighted by atomic mass is 10.0. The van der Waals surface area contributed by atoms with Gasteiger partial charge in [-0.1, -0.05) is 6.07 Å². The van der Waals surface area contributed by atoms with E-state index in [1.807, 2.05) is 0 Å². The molecule has 0 saturated carbocycles. The molecule has 2 atom stereocenters. The molecule has 10 nitrogen and oxygen atoms in total. The third kappa shape index (κ3) is 3.97. The number of nitrogens with one attached hydrogen (secondary N) is 1. The summed E-state index contributed by atoms with van der Waals surface area (Å²) >= 11 is 0. The Morgan fingerprint density at radius 1 is 1.21 bits per heavy atom. The van der Waals surface area contributed by atoms with Crippen LogP contribution in [-0.4, -0.2) is 53.1 Å². The predicted octanol–water partition coefficient (Wildman–Crippen LogP) is -0.550. The molecule has 2 aliphatic rings. The first kappa shape index (κ1) is 20.5. The molecular weight excluding hydrogens is 380 g/mol. The van der Waals surface area contributed by atoms with Crippen molar-refractivity contribution in [2.24, 2.45) is 11.5 Å². The number of carbonyl (C=O) groups excluding carboxylic acids is 5. The van der Waals surface area contributed by atoms with Crippen molar-refractivity contribution in [3.8, 4) is 5.75 Å². The Labute approximate surface area is 166 Å². The zero-order valence-electron chi connectivity index (χ0n) is 15.7. The van der Waals surface area contributed by atoms with Crippen LogP contribution in [0.5, 0.6) is 5.75 Å². The molecule has 1 aromatic carbocycles. The predicted molar refractivity (Wildman–Crippen MR) is 99.6 cm³/mol. The second-order valence-electron chi connectivity index (χ2n) is 6.92. The van der Waals surface area contributed by atoms with Crippen molar-refractivity contribution in [2.75, 3.05) is 6.54 Å². The molecule has 1 saturated heterocycles. The van der Waals surface area contributed by atoms with Crippen LogP contribution in [0.2, 0.25) is 0 Å². The maximum Gasteiger partial charge on any atom is 0.266 e. The highest BCUT2D eigenvalue weighted by molar-refractivity contribution is 6.24. The molecule has 0 aromatic heterocycles. The fourth-order valence-corrected chi connectivity index (χ4v) is 3.47. The summed E-state index contributed by atoms with van der Waals surface area (Å²) < 4.78 is 5.69. The number of ether oxygens (including phenoxy) is 1. The molecule has 10 heteroatoms. The number of primary amides is 1. The van der Waals surface area contributed by atoms with E-state index in [1.165, 1.54) is 18.2 Å². The summed E-state index contributed by atoms with van der Waals surface area (Å²) in [7, 11) is 0. The first-order valence-electron chi connectivity index (χ1n) is 9.35. The average Bonchev–Trinajstić information content (AvgIpc) is 2.93. The minimum Gasteiger partial charge on any atom is -0.480 e. The Kier molecular flexibility index (Phi) is 5.92. The van der Waals surface area contributed by atoms with Crippen LogP contribution in [0.4, 0.5) is 0 Å². The third-order valence-electron chi connectivity index (χ3n) is 4.94. The van der Waals surface area contributed by atoms with Crippen molar-refractivity contribution in [3.63, 3.8) is 0 Å². The van der Waals surface area contributed by atoms with E-state index in [2.05, 4.69) is 5.32 Å². The van der Waals surface area contributed by atoms with Crippen LogP contribution in [0.25, 0.3) is 0 Å². The number of hydrogen-bond donors (Lipinski definition) is 3. The summed E-state index contributed by atoms with van der Waals surface area (Å²) in [6.07, 6.45) is 0.693. The Morgan fingerprint density at radius 3 is 2.62 bits per heavy atom. The third-order valence-corrected chi connectivity index (χ3v) is 4.94. The van der Waals surface area contributed by atoms with Gasteiger partial charge in [0, 0.05) is 6.42 Å². The van der Waals surface area contributed by atoms with Crippen LogP contribution < -0.4 is 21.5 Å². The van der Waals surface area contributed by atoms with Crippen LogP contribution >= 0.6 is 0 Å². The number of imide groups is 2. The molecule has 0 bridgehead atoms. The molecule has 1 fully saturated rings. The molecule has 2 heterocycles. The largest absolute Gasteiger partial charge is 0.480 e. The van der Waals surface area contributed by atoms with Gasteiger partial charge in [-0.15, -0.1) is 0 Å². The first-order valence-corrected chi connectivity index (χ1v) is 9.35. The van der Waals surface area contributed by atoms with Crippen molar-refractivity contribution in [2.45, 2.75) is 44.2 Å². The number of nitrogens with zero attached hydrogens (tertiary/aromatic N) is 1. The van der Waals surface area contributed by atoms with Crippen molar-refractivity contribution in [1.82, 2.24) is 10.2 Å². The number of amides is 5. The average molecular weight is 402 g/mol. The summed E-state index contributed by atoms with van der Waals surface area (Å²) in [5.74, 6) is -3.15. The minimum atomic E-state index is -1.08. The lowest BCUT2D eigenvalue weighted by Crippen LogP contribution is -2.54. The van der Waals surface area contributed by atoms with E-state index in [9.17, 15) is 24.0 Å². The highest BCUT2D eigenvalue weighted by Gasteiger charge is 2.46. The van der Waals surface area contributed by atoms with E-state index in [1.54, 1.807) is 0 Å². The Hall–Kier alpha value is -3.27. The molecule has 3 rings (SSSR count). The van der Waals surface area contributed by atoms with E-state index >= 15 is 0 Å². The van der Waals surface area contributed by atoms with Crippen molar-refractivity contribution in [3.05, 3.63) is 29.3 Å². The molecule has 2 aliphatic heterocycles. The minimum absolute atomic E-state index is 0.0210. The summed E-state index contributed by atoms with van der Waals surface area (Å²) in [6.45, 7) is 0.458. The quantitative estimate of drug-likeness (QED) is 0.388. The Bertz CT molecular complexity index is 883. The fraction of sp³-hybridized carbons (Fsp3) is 0.421. The summed E-state index contributed by atoms with van der Waals surface area (Å²) in [4.78, 5) is 61.9. The zero-order chi connectivity index (χ0) is 21.1. The molecule has 5 N–H and O–H groups in total. The van der Waals surface area contributed by atoms with Gasteiger partial charge in [-0.2, -0.15) is 0 Å².